The molecule has 2 aromatic heterocycles. The molecular weight excluding hydrogens is 652 g/mol. The van der Waals surface area contributed by atoms with Crippen LogP contribution in [0.25, 0.3) is 21.8 Å². The Bertz CT molecular complexity index is 1750. The molecule has 4 heterocycles. The van der Waals surface area contributed by atoms with Gasteiger partial charge in [-0.3, -0.25) is 4.79 Å². The molecule has 51 heavy (non-hydrogen) atoms. The van der Waals surface area contributed by atoms with E-state index in [0.29, 0.717) is 19.0 Å². The Hall–Kier alpha value is -3.96. The van der Waals surface area contributed by atoms with Crippen molar-refractivity contribution in [2.75, 3.05) is 20.2 Å². The zero-order valence-corrected chi connectivity index (χ0v) is 31.7. The molecule has 2 aliphatic heterocycles. The molecule has 0 radical (unpaired) electrons. The zero-order valence-electron chi connectivity index (χ0n) is 31.7. The quantitative estimate of drug-likeness (QED) is 0.149. The van der Waals surface area contributed by atoms with Crippen LogP contribution in [0.3, 0.4) is 0 Å². The first kappa shape index (κ1) is 39.8. The first-order valence-corrected chi connectivity index (χ1v) is 18.3. The molecular formula is C40H57F2N5O4. The zero-order chi connectivity index (χ0) is 37.5. The van der Waals surface area contributed by atoms with Crippen LogP contribution in [0.2, 0.25) is 0 Å². The first-order valence-electron chi connectivity index (χ1n) is 18.3. The van der Waals surface area contributed by atoms with E-state index in [9.17, 15) is 18.4 Å². The van der Waals surface area contributed by atoms with Crippen molar-refractivity contribution in [1.29, 1.82) is 0 Å². The van der Waals surface area contributed by atoms with Gasteiger partial charge in [0.2, 0.25) is 5.91 Å². The molecule has 2 fully saturated rings. The fourth-order valence-electron chi connectivity index (χ4n) is 7.01. The van der Waals surface area contributed by atoms with E-state index in [1.165, 1.54) is 37.3 Å². The van der Waals surface area contributed by atoms with Crippen molar-refractivity contribution < 1.29 is 27.8 Å². The third-order valence-corrected chi connectivity index (χ3v) is 9.97. The van der Waals surface area contributed by atoms with Crippen molar-refractivity contribution in [2.45, 2.75) is 111 Å². The van der Waals surface area contributed by atoms with Gasteiger partial charge in [-0.2, -0.15) is 0 Å². The molecule has 9 nitrogen and oxygen atoms in total. The van der Waals surface area contributed by atoms with Crippen LogP contribution < -0.4 is 10.6 Å². The molecule has 2 amide bonds. The minimum Gasteiger partial charge on any atom is -0.444 e. The Labute approximate surface area is 301 Å². The van der Waals surface area contributed by atoms with Crippen LogP contribution in [-0.4, -0.2) is 76.9 Å². The van der Waals surface area contributed by atoms with Gasteiger partial charge in [-0.25, -0.2) is 13.6 Å². The number of aromatic nitrogens is 2. The smallest absolute Gasteiger partial charge is 0.408 e. The van der Waals surface area contributed by atoms with E-state index in [1.807, 2.05) is 37.2 Å². The van der Waals surface area contributed by atoms with Crippen molar-refractivity contribution in [1.82, 2.24) is 25.5 Å². The highest BCUT2D eigenvalue weighted by molar-refractivity contribution is 5.87. The SMILES string of the molecule is CC.CO[C@H](C)[C@H](NC(=O)OC(C)(C)C)C(=O)N1CC[C@H](C)[C@H]1Cc1c[nH]c2cc(F)ccc12.C[C@H]1CCN[C@@H]1Cc1c[nH]c2cc(F)ccc12. The molecule has 0 aliphatic carbocycles. The summed E-state index contributed by atoms with van der Waals surface area (Å²) in [4.78, 5) is 34.1. The Kier molecular flexibility index (Phi) is 13.7. The summed E-state index contributed by atoms with van der Waals surface area (Å²) < 4.78 is 37.4. The van der Waals surface area contributed by atoms with Crippen LogP contribution in [0.5, 0.6) is 0 Å². The van der Waals surface area contributed by atoms with Gasteiger partial charge in [-0.15, -0.1) is 0 Å². The van der Waals surface area contributed by atoms with Crippen LogP contribution in [-0.2, 0) is 27.1 Å². The molecule has 2 aromatic carbocycles. The average molecular weight is 710 g/mol. The lowest BCUT2D eigenvalue weighted by molar-refractivity contribution is -0.137. The van der Waals surface area contributed by atoms with Gasteiger partial charge >= 0.3 is 6.09 Å². The molecule has 2 aliphatic rings. The molecule has 11 heteroatoms. The number of benzene rings is 2. The lowest BCUT2D eigenvalue weighted by Gasteiger charge is -2.33. The summed E-state index contributed by atoms with van der Waals surface area (Å²) in [6.07, 6.45) is 6.49. The number of hydrogen-bond donors (Lipinski definition) is 4. The second-order valence-electron chi connectivity index (χ2n) is 14.7. The molecule has 280 valence electrons. The second kappa shape index (κ2) is 17.5. The highest BCUT2D eigenvalue weighted by Gasteiger charge is 2.40. The predicted octanol–water partition coefficient (Wildman–Crippen LogP) is 7.89. The minimum absolute atomic E-state index is 0.0430. The molecule has 2 saturated heterocycles. The number of aromatic amines is 2. The van der Waals surface area contributed by atoms with Gasteiger partial charge < -0.3 is 35.0 Å². The van der Waals surface area contributed by atoms with Gasteiger partial charge in [0.05, 0.1) is 6.10 Å². The van der Waals surface area contributed by atoms with Crippen LogP contribution >= 0.6 is 0 Å². The van der Waals surface area contributed by atoms with Crippen LogP contribution in [0, 0.1) is 23.5 Å². The number of alkyl carbamates (subject to hydrolysis) is 1. The summed E-state index contributed by atoms with van der Waals surface area (Å²) in [6.45, 7) is 17.2. The number of ether oxygens (including phenoxy) is 2. The molecule has 0 spiro atoms. The lowest BCUT2D eigenvalue weighted by atomic mass is 9.95. The summed E-state index contributed by atoms with van der Waals surface area (Å²) in [5.41, 5.74) is 3.28. The second-order valence-corrected chi connectivity index (χ2v) is 14.7. The minimum atomic E-state index is -0.861. The predicted molar refractivity (Wildman–Crippen MR) is 200 cm³/mol. The average Bonchev–Trinajstić information content (AvgIpc) is 3.87. The van der Waals surface area contributed by atoms with Gasteiger partial charge in [0.25, 0.3) is 0 Å². The number of fused-ring (bicyclic) bond motifs is 2. The number of methoxy groups -OCH3 is 1. The van der Waals surface area contributed by atoms with Crippen molar-refractivity contribution in [3.8, 4) is 0 Å². The molecule has 6 rings (SSSR count). The Balaban J connectivity index is 0.000000256. The van der Waals surface area contributed by atoms with Crippen molar-refractivity contribution in [3.63, 3.8) is 0 Å². The van der Waals surface area contributed by atoms with E-state index >= 15 is 0 Å². The number of amides is 2. The van der Waals surface area contributed by atoms with Gasteiger partial charge in [-0.1, -0.05) is 27.7 Å². The summed E-state index contributed by atoms with van der Waals surface area (Å²) >= 11 is 0. The topological polar surface area (TPSA) is 111 Å². The monoisotopic (exact) mass is 709 g/mol. The Morgan fingerprint density at radius 1 is 0.922 bits per heavy atom. The number of halogens is 2. The summed E-state index contributed by atoms with van der Waals surface area (Å²) in [5.74, 6) is 0.343. The number of likely N-dealkylation sites (tertiary alicyclic amines) is 1. The lowest BCUT2D eigenvalue weighted by Crippen LogP contribution is -2.56. The van der Waals surface area contributed by atoms with E-state index in [1.54, 1.807) is 39.8 Å². The molecule has 0 saturated carbocycles. The molecule has 0 unspecified atom stereocenters. The van der Waals surface area contributed by atoms with E-state index in [4.69, 9.17) is 9.47 Å². The Morgan fingerprint density at radius 2 is 1.49 bits per heavy atom. The normalized spacial score (nSPS) is 21.4. The fraction of sp³-hybridized carbons (Fsp3) is 0.550. The van der Waals surface area contributed by atoms with E-state index in [-0.39, 0.29) is 29.5 Å². The van der Waals surface area contributed by atoms with Gasteiger partial charge in [0.1, 0.15) is 23.3 Å². The molecule has 0 bridgehead atoms. The van der Waals surface area contributed by atoms with Gasteiger partial charge in [0.15, 0.2) is 0 Å². The number of nitrogens with one attached hydrogen (secondary N) is 4. The van der Waals surface area contributed by atoms with Crippen molar-refractivity contribution in [3.05, 3.63) is 71.6 Å². The van der Waals surface area contributed by atoms with Crippen molar-refractivity contribution >= 4 is 33.8 Å². The van der Waals surface area contributed by atoms with E-state index < -0.39 is 23.8 Å². The van der Waals surface area contributed by atoms with Crippen LogP contribution in [0.1, 0.15) is 79.4 Å². The third kappa shape index (κ3) is 10.1. The number of rotatable bonds is 8. The molecule has 4 aromatic rings. The van der Waals surface area contributed by atoms with Crippen LogP contribution in [0.15, 0.2) is 48.8 Å². The molecule has 6 atom stereocenters. The van der Waals surface area contributed by atoms with E-state index in [0.717, 1.165) is 52.7 Å². The summed E-state index contributed by atoms with van der Waals surface area (Å²) in [5, 5.41) is 8.33. The molecule has 4 N–H and O–H groups in total. The highest BCUT2D eigenvalue weighted by atomic mass is 19.1. The number of H-pyrrole nitrogens is 2. The van der Waals surface area contributed by atoms with Gasteiger partial charge in [0, 0.05) is 59.9 Å². The summed E-state index contributed by atoms with van der Waals surface area (Å²) in [7, 11) is 1.51. The maximum atomic E-state index is 13.6. The van der Waals surface area contributed by atoms with Crippen LogP contribution in [0.4, 0.5) is 13.6 Å². The number of carbonyl (C=O) groups excluding carboxylic acids is 2. The largest absolute Gasteiger partial charge is 0.444 e. The third-order valence-electron chi connectivity index (χ3n) is 9.97. The summed E-state index contributed by atoms with van der Waals surface area (Å²) in [6, 6.07) is 9.30. The van der Waals surface area contributed by atoms with Crippen molar-refractivity contribution in [2.24, 2.45) is 11.8 Å². The van der Waals surface area contributed by atoms with Gasteiger partial charge in [-0.05, 0) is 119 Å². The highest BCUT2D eigenvalue weighted by Crippen LogP contribution is 2.31. The number of hydrogen-bond acceptors (Lipinski definition) is 5. The maximum absolute atomic E-state index is 13.6. The number of carbonyl (C=O) groups is 2. The maximum Gasteiger partial charge on any atom is 0.408 e. The number of nitrogens with zero attached hydrogens (tertiary/aromatic N) is 1. The van der Waals surface area contributed by atoms with E-state index in [2.05, 4.69) is 34.4 Å². The first-order chi connectivity index (χ1) is 24.2. The standard InChI is InChI=1S/C24H34FN3O4.C14H17FN2.C2H6/c1-14-9-10-28(20(14)11-16-13-26-19-12-17(25)7-8-18(16)19)22(29)21(15(2)31-6)27-23(30)32-24(3,4)5;1-9-4-5-16-13(9)6-10-8-17-14-7-11(15)2-3-12(10)14;1-2/h7-8,12-15,20-21,26H,9-11H2,1-6H3,(H,27,30);2-3,7-9,13,16-17H,4-6H2,1H3;1-2H3/t14-,15+,20+,21-;9-,13+;/m00./s1. The fourth-order valence-corrected chi connectivity index (χ4v) is 7.01. The Morgan fingerprint density at radius 3 is 2.00 bits per heavy atom.